The standard InChI is InChI=1S/C9H18N2O3/c1-10-5-4-9(14-3)6-11(7-9)8(12)13-2/h10H,4-7H2,1-3H3. The molecule has 1 amide bonds. The molecule has 0 saturated carbocycles. The quantitative estimate of drug-likeness (QED) is 0.700. The van der Waals surface area contributed by atoms with E-state index >= 15 is 0 Å². The van der Waals surface area contributed by atoms with E-state index < -0.39 is 0 Å². The van der Waals surface area contributed by atoms with Gasteiger partial charge in [-0.15, -0.1) is 0 Å². The predicted octanol–water partition coefficient (Wildman–Crippen LogP) is 0.0631. The van der Waals surface area contributed by atoms with Gasteiger partial charge in [0.25, 0.3) is 0 Å². The van der Waals surface area contributed by atoms with Gasteiger partial charge in [-0.25, -0.2) is 4.79 Å². The lowest BCUT2D eigenvalue weighted by molar-refractivity contribution is -0.116. The minimum absolute atomic E-state index is 0.169. The van der Waals surface area contributed by atoms with Gasteiger partial charge in [0.2, 0.25) is 0 Å². The van der Waals surface area contributed by atoms with Gasteiger partial charge >= 0.3 is 6.09 Å². The van der Waals surface area contributed by atoms with Crippen LogP contribution in [0.5, 0.6) is 0 Å². The van der Waals surface area contributed by atoms with Crippen molar-refractivity contribution >= 4 is 6.09 Å². The normalized spacial score (nSPS) is 18.9. The highest BCUT2D eigenvalue weighted by molar-refractivity contribution is 5.69. The summed E-state index contributed by atoms with van der Waals surface area (Å²) < 4.78 is 10.0. The maximum atomic E-state index is 11.1. The topological polar surface area (TPSA) is 50.8 Å². The summed E-state index contributed by atoms with van der Waals surface area (Å²) in [5.74, 6) is 0. The lowest BCUT2D eigenvalue weighted by Crippen LogP contribution is -2.65. The third-order valence-electron chi connectivity index (χ3n) is 2.65. The van der Waals surface area contributed by atoms with Crippen LogP contribution in [-0.4, -0.2) is 57.5 Å². The molecule has 0 atom stereocenters. The number of hydrogen-bond acceptors (Lipinski definition) is 4. The first kappa shape index (κ1) is 11.3. The predicted molar refractivity (Wildman–Crippen MR) is 52.3 cm³/mol. The molecule has 82 valence electrons. The van der Waals surface area contributed by atoms with Crippen LogP contribution in [0.2, 0.25) is 0 Å². The van der Waals surface area contributed by atoms with Crippen molar-refractivity contribution in [2.75, 3.05) is 40.9 Å². The summed E-state index contributed by atoms with van der Waals surface area (Å²) in [6.45, 7) is 2.14. The molecule has 0 aliphatic carbocycles. The molecular formula is C9H18N2O3. The molecule has 0 aromatic carbocycles. The van der Waals surface area contributed by atoms with Crippen molar-refractivity contribution in [3.63, 3.8) is 0 Å². The molecule has 1 fully saturated rings. The number of likely N-dealkylation sites (tertiary alicyclic amines) is 1. The summed E-state index contributed by atoms with van der Waals surface area (Å²) in [4.78, 5) is 12.7. The zero-order valence-corrected chi connectivity index (χ0v) is 9.00. The third kappa shape index (κ3) is 2.16. The fourth-order valence-corrected chi connectivity index (χ4v) is 1.65. The fraction of sp³-hybridized carbons (Fsp3) is 0.889. The van der Waals surface area contributed by atoms with Gasteiger partial charge in [0.15, 0.2) is 0 Å². The second-order valence-electron chi connectivity index (χ2n) is 3.57. The summed E-state index contributed by atoms with van der Waals surface area (Å²) >= 11 is 0. The zero-order chi connectivity index (χ0) is 10.6. The largest absolute Gasteiger partial charge is 0.453 e. The Morgan fingerprint density at radius 2 is 2.14 bits per heavy atom. The minimum Gasteiger partial charge on any atom is -0.453 e. The number of ether oxygens (including phenoxy) is 2. The summed E-state index contributed by atoms with van der Waals surface area (Å²) in [6, 6.07) is 0. The Labute approximate surface area is 84.4 Å². The molecule has 0 bridgehead atoms. The number of rotatable bonds is 4. The number of amides is 1. The molecule has 14 heavy (non-hydrogen) atoms. The van der Waals surface area contributed by atoms with Crippen LogP contribution in [0.15, 0.2) is 0 Å². The van der Waals surface area contributed by atoms with Crippen LogP contribution < -0.4 is 5.32 Å². The smallest absolute Gasteiger partial charge is 0.409 e. The van der Waals surface area contributed by atoms with Crippen molar-refractivity contribution in [2.45, 2.75) is 12.0 Å². The van der Waals surface area contributed by atoms with Gasteiger partial charge in [0.1, 0.15) is 5.60 Å². The number of nitrogens with zero attached hydrogens (tertiary/aromatic N) is 1. The van der Waals surface area contributed by atoms with E-state index in [1.54, 1.807) is 12.0 Å². The molecule has 0 spiro atoms. The van der Waals surface area contributed by atoms with E-state index in [1.807, 2.05) is 7.05 Å². The monoisotopic (exact) mass is 202 g/mol. The maximum Gasteiger partial charge on any atom is 0.409 e. The molecule has 0 aromatic rings. The summed E-state index contributed by atoms with van der Waals surface area (Å²) in [5.41, 5.74) is -0.169. The number of methoxy groups -OCH3 is 2. The van der Waals surface area contributed by atoms with Crippen molar-refractivity contribution < 1.29 is 14.3 Å². The second kappa shape index (κ2) is 4.61. The summed E-state index contributed by atoms with van der Waals surface area (Å²) in [6.07, 6.45) is 0.634. The summed E-state index contributed by atoms with van der Waals surface area (Å²) in [5, 5.41) is 3.07. The number of hydrogen-bond donors (Lipinski definition) is 1. The molecule has 0 radical (unpaired) electrons. The first-order valence-electron chi connectivity index (χ1n) is 4.70. The molecule has 0 aromatic heterocycles. The molecule has 0 unspecified atom stereocenters. The van der Waals surface area contributed by atoms with Gasteiger partial charge < -0.3 is 19.7 Å². The molecule has 1 rings (SSSR count). The van der Waals surface area contributed by atoms with Gasteiger partial charge in [-0.2, -0.15) is 0 Å². The number of nitrogens with one attached hydrogen (secondary N) is 1. The SMILES string of the molecule is CNCCC1(OC)CN(C(=O)OC)C1. The van der Waals surface area contributed by atoms with Crippen molar-refractivity contribution in [3.8, 4) is 0 Å². The van der Waals surface area contributed by atoms with Crippen LogP contribution in [0.4, 0.5) is 4.79 Å². The van der Waals surface area contributed by atoms with Crippen LogP contribution in [0.3, 0.4) is 0 Å². The Morgan fingerprint density at radius 1 is 1.50 bits per heavy atom. The van der Waals surface area contributed by atoms with E-state index in [0.717, 1.165) is 13.0 Å². The van der Waals surface area contributed by atoms with E-state index in [0.29, 0.717) is 13.1 Å². The highest BCUT2D eigenvalue weighted by Crippen LogP contribution is 2.28. The minimum atomic E-state index is -0.276. The average molecular weight is 202 g/mol. The van der Waals surface area contributed by atoms with Crippen LogP contribution in [0.25, 0.3) is 0 Å². The van der Waals surface area contributed by atoms with Crippen molar-refractivity contribution in [1.29, 1.82) is 0 Å². The third-order valence-corrected chi connectivity index (χ3v) is 2.65. The van der Waals surface area contributed by atoms with E-state index in [2.05, 4.69) is 10.1 Å². The summed E-state index contributed by atoms with van der Waals surface area (Å²) in [7, 11) is 4.98. The molecular weight excluding hydrogens is 184 g/mol. The van der Waals surface area contributed by atoms with Gasteiger partial charge in [-0.05, 0) is 20.0 Å². The van der Waals surface area contributed by atoms with E-state index in [9.17, 15) is 4.79 Å². The Kier molecular flexibility index (Phi) is 3.71. The Bertz CT molecular complexity index is 202. The zero-order valence-electron chi connectivity index (χ0n) is 9.00. The highest BCUT2D eigenvalue weighted by Gasteiger charge is 2.45. The lowest BCUT2D eigenvalue weighted by atomic mass is 9.90. The lowest BCUT2D eigenvalue weighted by Gasteiger charge is -2.48. The van der Waals surface area contributed by atoms with Gasteiger partial charge in [0.05, 0.1) is 20.2 Å². The molecule has 1 aliphatic heterocycles. The first-order valence-corrected chi connectivity index (χ1v) is 4.70. The molecule has 1 heterocycles. The second-order valence-corrected chi connectivity index (χ2v) is 3.57. The van der Waals surface area contributed by atoms with E-state index in [4.69, 9.17) is 4.74 Å². The van der Waals surface area contributed by atoms with E-state index in [1.165, 1.54) is 7.11 Å². The molecule has 5 nitrogen and oxygen atoms in total. The fourth-order valence-electron chi connectivity index (χ4n) is 1.65. The number of carbonyl (C=O) groups excluding carboxylic acids is 1. The Morgan fingerprint density at radius 3 is 2.57 bits per heavy atom. The van der Waals surface area contributed by atoms with Crippen LogP contribution >= 0.6 is 0 Å². The number of carbonyl (C=O) groups is 1. The van der Waals surface area contributed by atoms with Crippen molar-refractivity contribution in [3.05, 3.63) is 0 Å². The Hall–Kier alpha value is -0.810. The highest BCUT2D eigenvalue weighted by atomic mass is 16.5. The molecule has 1 aliphatic rings. The van der Waals surface area contributed by atoms with Gasteiger partial charge in [-0.3, -0.25) is 0 Å². The van der Waals surface area contributed by atoms with E-state index in [-0.39, 0.29) is 11.7 Å². The van der Waals surface area contributed by atoms with Crippen LogP contribution in [-0.2, 0) is 9.47 Å². The molecule has 1 N–H and O–H groups in total. The molecule has 1 saturated heterocycles. The maximum absolute atomic E-state index is 11.1. The first-order chi connectivity index (χ1) is 6.67. The van der Waals surface area contributed by atoms with Gasteiger partial charge in [-0.1, -0.05) is 0 Å². The average Bonchev–Trinajstić information content (AvgIpc) is 2.16. The van der Waals surface area contributed by atoms with Crippen molar-refractivity contribution in [2.24, 2.45) is 0 Å². The van der Waals surface area contributed by atoms with Crippen molar-refractivity contribution in [1.82, 2.24) is 10.2 Å². The van der Waals surface area contributed by atoms with Crippen LogP contribution in [0, 0.1) is 0 Å². The van der Waals surface area contributed by atoms with Crippen LogP contribution in [0.1, 0.15) is 6.42 Å². The van der Waals surface area contributed by atoms with Gasteiger partial charge in [0, 0.05) is 7.11 Å². The molecule has 5 heteroatoms. The Balaban J connectivity index is 2.36.